The van der Waals surface area contributed by atoms with Crippen LogP contribution in [0, 0.1) is 0 Å². The van der Waals surface area contributed by atoms with E-state index in [1.54, 1.807) is 30.5 Å². The predicted octanol–water partition coefficient (Wildman–Crippen LogP) is 2.96. The number of anilines is 2. The highest BCUT2D eigenvalue weighted by Gasteiger charge is 2.16. The van der Waals surface area contributed by atoms with E-state index in [2.05, 4.69) is 4.98 Å². The van der Waals surface area contributed by atoms with Crippen LogP contribution in [0.5, 0.6) is 0 Å². The topological polar surface area (TPSA) is 125 Å². The number of nitrogens with zero attached hydrogens (tertiary/aromatic N) is 1. The lowest BCUT2D eigenvalue weighted by molar-refractivity contribution is 0.596. The van der Waals surface area contributed by atoms with Gasteiger partial charge in [-0.2, -0.15) is 0 Å². The molecule has 0 radical (unpaired) electrons. The van der Waals surface area contributed by atoms with Crippen LogP contribution >= 0.6 is 12.2 Å². The number of rotatable bonds is 4. The van der Waals surface area contributed by atoms with E-state index in [-0.39, 0.29) is 9.79 Å². The van der Waals surface area contributed by atoms with Crippen LogP contribution in [0.4, 0.5) is 11.4 Å². The smallest absolute Gasteiger partial charge is 0.206 e. The predicted molar refractivity (Wildman–Crippen MR) is 117 cm³/mol. The Labute approximate surface area is 170 Å². The standard InChI is InChI=1S/C12H12N2O2S.C8H10N2S/c13-9-1-5-11(6-2-9)17(15,16)12-7-3-10(14)4-8-12;1-2-7-5-6(8(9)11)3-4-10-7/h1-8H,13-14H2;3-5H,2H2,1H3,(H2,9,11). The maximum atomic E-state index is 12.2. The highest BCUT2D eigenvalue weighted by atomic mass is 32.2. The van der Waals surface area contributed by atoms with Crippen molar-refractivity contribution < 1.29 is 8.42 Å². The minimum absolute atomic E-state index is 0.219. The van der Waals surface area contributed by atoms with Crippen LogP contribution in [-0.4, -0.2) is 18.4 Å². The molecule has 2 aromatic carbocycles. The second-order valence-electron chi connectivity index (χ2n) is 5.90. The fraction of sp³-hybridized carbons (Fsp3) is 0.100. The van der Waals surface area contributed by atoms with E-state index in [4.69, 9.17) is 29.4 Å². The molecule has 0 aliphatic rings. The summed E-state index contributed by atoms with van der Waals surface area (Å²) in [5, 5.41) is 0. The average molecular weight is 415 g/mol. The van der Waals surface area contributed by atoms with Gasteiger partial charge in [0.1, 0.15) is 4.99 Å². The minimum atomic E-state index is -3.48. The normalized spacial score (nSPS) is 10.6. The Kier molecular flexibility index (Phi) is 7.08. The lowest BCUT2D eigenvalue weighted by Gasteiger charge is -2.05. The van der Waals surface area contributed by atoms with Gasteiger partial charge in [0.15, 0.2) is 0 Å². The van der Waals surface area contributed by atoms with Gasteiger partial charge >= 0.3 is 0 Å². The van der Waals surface area contributed by atoms with E-state index in [0.29, 0.717) is 16.4 Å². The molecule has 0 unspecified atom stereocenters. The summed E-state index contributed by atoms with van der Waals surface area (Å²) in [6, 6.07) is 15.9. The molecule has 0 atom stereocenters. The van der Waals surface area contributed by atoms with Gasteiger partial charge < -0.3 is 17.2 Å². The highest BCUT2D eigenvalue weighted by molar-refractivity contribution is 7.91. The summed E-state index contributed by atoms with van der Waals surface area (Å²) in [5.74, 6) is 0. The number of aryl methyl sites for hydroxylation is 1. The molecule has 3 aromatic rings. The molecule has 28 heavy (non-hydrogen) atoms. The van der Waals surface area contributed by atoms with Gasteiger partial charge in [-0.1, -0.05) is 19.1 Å². The third-order valence-electron chi connectivity index (χ3n) is 3.84. The Balaban J connectivity index is 0.000000221. The van der Waals surface area contributed by atoms with Gasteiger partial charge in [0.05, 0.1) is 9.79 Å². The van der Waals surface area contributed by atoms with Crippen molar-refractivity contribution in [2.24, 2.45) is 5.73 Å². The van der Waals surface area contributed by atoms with Crippen molar-refractivity contribution in [3.05, 3.63) is 78.1 Å². The lowest BCUT2D eigenvalue weighted by Crippen LogP contribution is -2.09. The summed E-state index contributed by atoms with van der Waals surface area (Å²) in [5.41, 5.74) is 19.5. The summed E-state index contributed by atoms with van der Waals surface area (Å²) in [4.78, 5) is 5.00. The number of benzene rings is 2. The van der Waals surface area contributed by atoms with Crippen molar-refractivity contribution in [2.45, 2.75) is 23.1 Å². The van der Waals surface area contributed by atoms with Crippen molar-refractivity contribution in [2.75, 3.05) is 11.5 Å². The Bertz CT molecular complexity index is 997. The maximum absolute atomic E-state index is 12.2. The molecule has 0 saturated carbocycles. The number of pyridine rings is 1. The first-order valence-corrected chi connectivity index (χ1v) is 10.3. The zero-order chi connectivity index (χ0) is 20.7. The first-order valence-electron chi connectivity index (χ1n) is 8.45. The number of aromatic nitrogens is 1. The Morgan fingerprint density at radius 3 is 1.79 bits per heavy atom. The molecule has 0 fully saturated rings. The van der Waals surface area contributed by atoms with E-state index in [1.165, 1.54) is 24.3 Å². The molecule has 0 spiro atoms. The fourth-order valence-corrected chi connectivity index (χ4v) is 3.64. The molecule has 0 saturated heterocycles. The molecule has 3 rings (SSSR count). The molecule has 0 amide bonds. The summed E-state index contributed by atoms with van der Waals surface area (Å²) < 4.78 is 24.3. The number of hydrogen-bond acceptors (Lipinski definition) is 6. The molecular weight excluding hydrogens is 392 g/mol. The largest absolute Gasteiger partial charge is 0.399 e. The summed E-state index contributed by atoms with van der Waals surface area (Å²) >= 11 is 4.82. The minimum Gasteiger partial charge on any atom is -0.399 e. The highest BCUT2D eigenvalue weighted by Crippen LogP contribution is 2.22. The molecule has 1 heterocycles. The summed E-state index contributed by atoms with van der Waals surface area (Å²) in [7, 11) is -3.48. The second-order valence-corrected chi connectivity index (χ2v) is 8.28. The van der Waals surface area contributed by atoms with Gasteiger partial charge in [-0.3, -0.25) is 4.98 Å². The molecular formula is C20H22N4O2S2. The van der Waals surface area contributed by atoms with E-state index in [0.717, 1.165) is 17.7 Å². The molecule has 8 heteroatoms. The third-order valence-corrected chi connectivity index (χ3v) is 5.87. The van der Waals surface area contributed by atoms with E-state index >= 15 is 0 Å². The van der Waals surface area contributed by atoms with Gasteiger partial charge in [0.2, 0.25) is 9.84 Å². The van der Waals surface area contributed by atoms with Crippen molar-refractivity contribution in [1.29, 1.82) is 0 Å². The maximum Gasteiger partial charge on any atom is 0.206 e. The average Bonchev–Trinajstić information content (AvgIpc) is 2.69. The first-order chi connectivity index (χ1) is 13.2. The molecule has 0 bridgehead atoms. The summed E-state index contributed by atoms with van der Waals surface area (Å²) in [6.07, 6.45) is 2.64. The number of thiocarbonyl (C=S) groups is 1. The van der Waals surface area contributed by atoms with Crippen LogP contribution < -0.4 is 17.2 Å². The third kappa shape index (κ3) is 5.51. The van der Waals surface area contributed by atoms with Crippen molar-refractivity contribution in [1.82, 2.24) is 4.98 Å². The van der Waals surface area contributed by atoms with Gasteiger partial charge in [-0.15, -0.1) is 0 Å². The van der Waals surface area contributed by atoms with Gasteiger partial charge in [0, 0.05) is 28.8 Å². The molecule has 0 aliphatic heterocycles. The van der Waals surface area contributed by atoms with Gasteiger partial charge in [-0.05, 0) is 67.1 Å². The Morgan fingerprint density at radius 1 is 0.929 bits per heavy atom. The van der Waals surface area contributed by atoms with E-state index in [1.807, 2.05) is 19.1 Å². The fourth-order valence-electron chi connectivity index (χ4n) is 2.25. The lowest BCUT2D eigenvalue weighted by atomic mass is 10.2. The number of sulfone groups is 1. The Hall–Kier alpha value is -2.97. The number of hydrogen-bond donors (Lipinski definition) is 3. The van der Waals surface area contributed by atoms with Crippen LogP contribution in [0.2, 0.25) is 0 Å². The quantitative estimate of drug-likeness (QED) is 0.443. The van der Waals surface area contributed by atoms with Gasteiger partial charge in [0.25, 0.3) is 0 Å². The van der Waals surface area contributed by atoms with E-state index < -0.39 is 9.84 Å². The molecule has 6 nitrogen and oxygen atoms in total. The van der Waals surface area contributed by atoms with Crippen LogP contribution in [-0.2, 0) is 16.3 Å². The van der Waals surface area contributed by atoms with Crippen LogP contribution in [0.15, 0.2) is 76.7 Å². The SMILES string of the molecule is CCc1cc(C(N)=S)ccn1.Nc1ccc(S(=O)(=O)c2ccc(N)cc2)cc1. The molecule has 0 aliphatic carbocycles. The van der Waals surface area contributed by atoms with Crippen LogP contribution in [0.25, 0.3) is 0 Å². The van der Waals surface area contributed by atoms with Crippen molar-refractivity contribution >= 4 is 38.4 Å². The van der Waals surface area contributed by atoms with Crippen LogP contribution in [0.1, 0.15) is 18.2 Å². The van der Waals surface area contributed by atoms with Crippen LogP contribution in [0.3, 0.4) is 0 Å². The Morgan fingerprint density at radius 2 is 1.39 bits per heavy atom. The summed E-state index contributed by atoms with van der Waals surface area (Å²) in [6.45, 7) is 2.05. The molecule has 6 N–H and O–H groups in total. The molecule has 146 valence electrons. The number of nitrogens with two attached hydrogens (primary N) is 3. The second kappa shape index (κ2) is 9.29. The van der Waals surface area contributed by atoms with Gasteiger partial charge in [-0.25, -0.2) is 8.42 Å². The zero-order valence-electron chi connectivity index (χ0n) is 15.4. The van der Waals surface area contributed by atoms with E-state index in [9.17, 15) is 8.42 Å². The van der Waals surface area contributed by atoms with Crippen molar-refractivity contribution in [3.63, 3.8) is 0 Å². The van der Waals surface area contributed by atoms with Crippen molar-refractivity contribution in [3.8, 4) is 0 Å². The first kappa shape index (κ1) is 21.3. The molecule has 1 aromatic heterocycles. The monoisotopic (exact) mass is 414 g/mol. The number of nitrogen functional groups attached to an aromatic ring is 2. The zero-order valence-corrected chi connectivity index (χ0v) is 17.0.